The molecule has 0 saturated heterocycles. The lowest BCUT2D eigenvalue weighted by molar-refractivity contribution is 0.426. The molecular weight excluding hydrogens is 406 g/mol. The zero-order chi connectivity index (χ0) is 23.5. The van der Waals surface area contributed by atoms with Gasteiger partial charge in [0, 0.05) is 18.2 Å². The Morgan fingerprint density at radius 3 is 2.03 bits per heavy atom. The molecule has 1 aromatic heterocycles. The Balaban J connectivity index is 1.49. The van der Waals surface area contributed by atoms with Gasteiger partial charge >= 0.3 is 0 Å². The number of nitrogens with one attached hydrogen (secondary N) is 1. The highest BCUT2D eigenvalue weighted by molar-refractivity contribution is 5.72. The molecule has 0 fully saturated rings. The Labute approximate surface area is 196 Å². The van der Waals surface area contributed by atoms with Gasteiger partial charge in [-0.3, -0.25) is 0 Å². The lowest BCUT2D eigenvalue weighted by Crippen LogP contribution is -2.30. The molecule has 1 N–H and O–H groups in total. The summed E-state index contributed by atoms with van der Waals surface area (Å²) in [5.41, 5.74) is 9.46. The molecule has 5 nitrogen and oxygen atoms in total. The van der Waals surface area contributed by atoms with Gasteiger partial charge in [-0.1, -0.05) is 67.9 Å². The van der Waals surface area contributed by atoms with E-state index < -0.39 is 0 Å². The number of aryl methyl sites for hydroxylation is 3. The Hall–Kier alpha value is -3.31. The molecule has 0 spiro atoms. The van der Waals surface area contributed by atoms with Crippen molar-refractivity contribution in [3.05, 3.63) is 82.9 Å². The number of rotatable bonds is 7. The van der Waals surface area contributed by atoms with E-state index >= 15 is 0 Å². The second-order valence-electron chi connectivity index (χ2n) is 9.33. The van der Waals surface area contributed by atoms with Gasteiger partial charge in [-0.2, -0.15) is 0 Å². The van der Waals surface area contributed by atoms with Gasteiger partial charge in [0.05, 0.1) is 5.69 Å². The van der Waals surface area contributed by atoms with E-state index in [2.05, 4.69) is 111 Å². The van der Waals surface area contributed by atoms with Gasteiger partial charge in [-0.15, -0.1) is 15.0 Å². The maximum Gasteiger partial charge on any atom is 0.205 e. The van der Waals surface area contributed by atoms with Crippen LogP contribution in [0.2, 0.25) is 0 Å². The van der Waals surface area contributed by atoms with Crippen LogP contribution in [0.4, 0.5) is 0 Å². The van der Waals surface area contributed by atoms with Crippen LogP contribution in [0.15, 0.2) is 60.7 Å². The van der Waals surface area contributed by atoms with Crippen LogP contribution >= 0.6 is 0 Å². The highest BCUT2D eigenvalue weighted by atomic mass is 15.6. The molecule has 0 saturated carbocycles. The van der Waals surface area contributed by atoms with Crippen LogP contribution in [-0.4, -0.2) is 26.2 Å². The minimum Gasteiger partial charge on any atom is -0.310 e. The maximum absolute atomic E-state index is 4.61. The normalized spacial score (nSPS) is 12.3. The first-order valence-electron chi connectivity index (χ1n) is 11.6. The third-order valence-corrected chi connectivity index (χ3v) is 6.32. The molecule has 170 valence electrons. The summed E-state index contributed by atoms with van der Waals surface area (Å²) in [5.74, 6) is 1.24. The molecule has 0 unspecified atom stereocenters. The number of benzene rings is 3. The van der Waals surface area contributed by atoms with Gasteiger partial charge < -0.3 is 5.32 Å². The van der Waals surface area contributed by atoms with Crippen molar-refractivity contribution in [1.82, 2.24) is 25.5 Å². The monoisotopic (exact) mass is 439 g/mol. The van der Waals surface area contributed by atoms with Gasteiger partial charge in [-0.25, -0.2) is 0 Å². The minimum atomic E-state index is 0.483. The zero-order valence-corrected chi connectivity index (χ0v) is 20.4. The van der Waals surface area contributed by atoms with Gasteiger partial charge in [0.2, 0.25) is 5.82 Å². The van der Waals surface area contributed by atoms with Crippen molar-refractivity contribution in [2.75, 3.05) is 0 Å². The molecular formula is C28H33N5. The average Bonchev–Trinajstić information content (AvgIpc) is 3.28. The Kier molecular flexibility index (Phi) is 6.70. The Bertz CT molecular complexity index is 1200. The summed E-state index contributed by atoms with van der Waals surface area (Å²) in [6.45, 7) is 14.0. The molecule has 0 aliphatic rings. The fourth-order valence-electron chi connectivity index (χ4n) is 4.12. The second-order valence-corrected chi connectivity index (χ2v) is 9.33. The van der Waals surface area contributed by atoms with E-state index in [9.17, 15) is 0 Å². The molecule has 1 heterocycles. The molecule has 0 amide bonds. The second kappa shape index (κ2) is 9.67. The summed E-state index contributed by atoms with van der Waals surface area (Å²) in [5, 5.41) is 16.7. The van der Waals surface area contributed by atoms with Gasteiger partial charge in [0.25, 0.3) is 0 Å². The van der Waals surface area contributed by atoms with E-state index in [0.29, 0.717) is 17.8 Å². The summed E-state index contributed by atoms with van der Waals surface area (Å²) < 4.78 is 0. The SMILES string of the molecule is Cc1cc(C)c(-c2ccc(-n3nnc(-c4ccc(CN[C@@H](C)C(C)C)cc4)n3)cc2)c(C)c1. The van der Waals surface area contributed by atoms with Crippen LogP contribution in [0.5, 0.6) is 0 Å². The van der Waals surface area contributed by atoms with Crippen molar-refractivity contribution >= 4 is 0 Å². The predicted octanol–water partition coefficient (Wildman–Crippen LogP) is 6.06. The molecule has 4 aromatic rings. The maximum atomic E-state index is 4.61. The molecule has 0 radical (unpaired) electrons. The van der Waals surface area contributed by atoms with E-state index in [1.54, 1.807) is 4.80 Å². The largest absolute Gasteiger partial charge is 0.310 e. The topological polar surface area (TPSA) is 55.6 Å². The van der Waals surface area contributed by atoms with Crippen LogP contribution in [0.25, 0.3) is 28.2 Å². The summed E-state index contributed by atoms with van der Waals surface area (Å²) in [4.78, 5) is 1.59. The van der Waals surface area contributed by atoms with E-state index in [4.69, 9.17) is 0 Å². The van der Waals surface area contributed by atoms with Crippen molar-refractivity contribution in [2.24, 2.45) is 5.92 Å². The number of nitrogens with zero attached hydrogens (tertiary/aromatic N) is 4. The van der Waals surface area contributed by atoms with Gasteiger partial charge in [-0.05, 0) is 78.8 Å². The van der Waals surface area contributed by atoms with Crippen molar-refractivity contribution in [3.63, 3.8) is 0 Å². The lowest BCUT2D eigenvalue weighted by atomic mass is 9.94. The number of tetrazole rings is 1. The highest BCUT2D eigenvalue weighted by Crippen LogP contribution is 2.29. The van der Waals surface area contributed by atoms with Crippen molar-refractivity contribution in [2.45, 2.75) is 54.1 Å². The predicted molar refractivity (Wildman–Crippen MR) is 135 cm³/mol. The summed E-state index contributed by atoms with van der Waals surface area (Å²) in [7, 11) is 0. The number of aromatic nitrogens is 4. The van der Waals surface area contributed by atoms with Gasteiger partial charge in [0.1, 0.15) is 0 Å². The summed E-state index contributed by atoms with van der Waals surface area (Å²) >= 11 is 0. The summed E-state index contributed by atoms with van der Waals surface area (Å²) in [6, 6.07) is 21.7. The zero-order valence-electron chi connectivity index (χ0n) is 20.4. The number of hydrogen-bond donors (Lipinski definition) is 1. The quantitative estimate of drug-likeness (QED) is 0.380. The Morgan fingerprint density at radius 1 is 0.818 bits per heavy atom. The fraction of sp³-hybridized carbons (Fsp3) is 0.321. The first-order valence-corrected chi connectivity index (χ1v) is 11.6. The standard InChI is InChI=1S/C28H33N5/c1-18(2)22(6)29-17-23-7-9-25(10-8-23)28-30-32-33(31-28)26-13-11-24(12-14-26)27-20(4)15-19(3)16-21(27)5/h7-16,18,22,29H,17H2,1-6H3/t22-/m0/s1. The molecule has 3 aromatic carbocycles. The van der Waals surface area contributed by atoms with Crippen LogP contribution < -0.4 is 5.32 Å². The molecule has 33 heavy (non-hydrogen) atoms. The first-order chi connectivity index (χ1) is 15.8. The van der Waals surface area contributed by atoms with Crippen molar-refractivity contribution in [3.8, 4) is 28.2 Å². The average molecular weight is 440 g/mol. The molecule has 5 heteroatoms. The minimum absolute atomic E-state index is 0.483. The van der Waals surface area contributed by atoms with Crippen LogP contribution in [0, 0.1) is 26.7 Å². The van der Waals surface area contributed by atoms with Crippen LogP contribution in [-0.2, 0) is 6.54 Å². The molecule has 1 atom stereocenters. The lowest BCUT2D eigenvalue weighted by Gasteiger charge is -2.17. The van der Waals surface area contributed by atoms with E-state index in [0.717, 1.165) is 17.8 Å². The molecule has 0 aliphatic carbocycles. The highest BCUT2D eigenvalue weighted by Gasteiger charge is 2.11. The third-order valence-electron chi connectivity index (χ3n) is 6.32. The van der Waals surface area contributed by atoms with E-state index in [1.807, 2.05) is 12.1 Å². The smallest absolute Gasteiger partial charge is 0.205 e. The van der Waals surface area contributed by atoms with Crippen molar-refractivity contribution in [1.29, 1.82) is 0 Å². The fourth-order valence-corrected chi connectivity index (χ4v) is 4.12. The molecule has 0 aliphatic heterocycles. The molecule has 0 bridgehead atoms. The van der Waals surface area contributed by atoms with Crippen molar-refractivity contribution < 1.29 is 0 Å². The van der Waals surface area contributed by atoms with E-state index in [1.165, 1.54) is 33.4 Å². The van der Waals surface area contributed by atoms with Crippen LogP contribution in [0.3, 0.4) is 0 Å². The van der Waals surface area contributed by atoms with Gasteiger partial charge in [0.15, 0.2) is 0 Å². The summed E-state index contributed by atoms with van der Waals surface area (Å²) in [6.07, 6.45) is 0. The van der Waals surface area contributed by atoms with Crippen LogP contribution in [0.1, 0.15) is 43.0 Å². The third kappa shape index (κ3) is 5.20. The first kappa shape index (κ1) is 22.9. The Morgan fingerprint density at radius 2 is 1.42 bits per heavy atom. The molecule has 4 rings (SSSR count). The number of hydrogen-bond acceptors (Lipinski definition) is 4. The van der Waals surface area contributed by atoms with E-state index in [-0.39, 0.29) is 0 Å².